The van der Waals surface area contributed by atoms with Gasteiger partial charge in [-0.05, 0) is 54.1 Å². The smallest absolute Gasteiger partial charge is 0.231 e. The summed E-state index contributed by atoms with van der Waals surface area (Å²) in [5.74, 6) is 3.68. The van der Waals surface area contributed by atoms with E-state index in [1.54, 1.807) is 6.20 Å². The van der Waals surface area contributed by atoms with Crippen molar-refractivity contribution >= 4 is 0 Å². The van der Waals surface area contributed by atoms with E-state index in [4.69, 9.17) is 23.9 Å². The normalized spacial score (nSPS) is 13.2. The average Bonchev–Trinajstić information content (AvgIpc) is 3.67. The van der Waals surface area contributed by atoms with Crippen LogP contribution in [0.4, 0.5) is 0 Å². The van der Waals surface area contributed by atoms with Gasteiger partial charge in [0.25, 0.3) is 0 Å². The zero-order valence-electron chi connectivity index (χ0n) is 19.3. The second-order valence-corrected chi connectivity index (χ2v) is 8.56. The van der Waals surface area contributed by atoms with Gasteiger partial charge in [-0.2, -0.15) is 0 Å². The first-order valence-corrected chi connectivity index (χ1v) is 11.7. The zero-order valence-corrected chi connectivity index (χ0v) is 19.3. The highest BCUT2D eigenvalue weighted by Gasteiger charge is 2.25. The van der Waals surface area contributed by atoms with Gasteiger partial charge in [0.1, 0.15) is 5.69 Å². The second-order valence-electron chi connectivity index (χ2n) is 8.56. The standard InChI is InChI=1S/C29H21N3O4/c1-2-6-19(7-3-1)16-32-28(21-10-12-24-26(15-21)36-18-34-24)27(31-29(32)22-8-4-5-13-30-22)20-9-11-23-25(14-20)35-17-33-23/h1-15H,16-18H2. The Morgan fingerprint density at radius 3 is 2.06 bits per heavy atom. The largest absolute Gasteiger partial charge is 0.454 e. The van der Waals surface area contributed by atoms with Gasteiger partial charge in [0.2, 0.25) is 13.6 Å². The molecule has 5 aromatic rings. The Kier molecular flexibility index (Phi) is 4.84. The number of pyridine rings is 1. The third kappa shape index (κ3) is 3.53. The highest BCUT2D eigenvalue weighted by molar-refractivity contribution is 5.84. The van der Waals surface area contributed by atoms with E-state index in [0.29, 0.717) is 12.3 Å². The number of benzene rings is 3. The third-order valence-corrected chi connectivity index (χ3v) is 6.34. The lowest BCUT2D eigenvalue weighted by atomic mass is 10.0. The maximum atomic E-state index is 5.72. The highest BCUT2D eigenvalue weighted by Crippen LogP contribution is 2.43. The molecule has 2 aliphatic rings. The predicted octanol–water partition coefficient (Wildman–Crippen LogP) is 5.78. The Morgan fingerprint density at radius 1 is 0.667 bits per heavy atom. The first-order valence-electron chi connectivity index (χ1n) is 11.7. The quantitative estimate of drug-likeness (QED) is 0.321. The molecule has 0 bridgehead atoms. The van der Waals surface area contributed by atoms with E-state index in [2.05, 4.69) is 21.7 Å². The summed E-state index contributed by atoms with van der Waals surface area (Å²) in [4.78, 5) is 9.81. The summed E-state index contributed by atoms with van der Waals surface area (Å²) in [5, 5.41) is 0. The fraction of sp³-hybridized carbons (Fsp3) is 0.103. The van der Waals surface area contributed by atoms with Gasteiger partial charge in [-0.1, -0.05) is 36.4 Å². The summed E-state index contributed by atoms with van der Waals surface area (Å²) < 4.78 is 24.7. The average molecular weight is 476 g/mol. The zero-order chi connectivity index (χ0) is 23.9. The molecular formula is C29H21N3O4. The van der Waals surface area contributed by atoms with Crippen LogP contribution in [0.5, 0.6) is 23.0 Å². The lowest BCUT2D eigenvalue weighted by Crippen LogP contribution is -2.05. The van der Waals surface area contributed by atoms with Crippen LogP contribution in [0.1, 0.15) is 5.56 Å². The molecular weight excluding hydrogens is 454 g/mol. The lowest BCUT2D eigenvalue weighted by Gasteiger charge is -2.14. The van der Waals surface area contributed by atoms with E-state index in [1.165, 1.54) is 0 Å². The van der Waals surface area contributed by atoms with E-state index < -0.39 is 0 Å². The molecule has 176 valence electrons. The molecule has 0 spiro atoms. The molecule has 2 aliphatic heterocycles. The van der Waals surface area contributed by atoms with Crippen LogP contribution >= 0.6 is 0 Å². The van der Waals surface area contributed by atoms with Gasteiger partial charge in [0.05, 0.1) is 11.4 Å². The fourth-order valence-corrected chi connectivity index (χ4v) is 4.64. The van der Waals surface area contributed by atoms with Crippen molar-refractivity contribution in [2.75, 3.05) is 13.6 Å². The Hall–Kier alpha value is -4.78. The maximum absolute atomic E-state index is 5.72. The van der Waals surface area contributed by atoms with E-state index in [9.17, 15) is 0 Å². The molecule has 0 unspecified atom stereocenters. The Bertz CT molecular complexity index is 1570. The highest BCUT2D eigenvalue weighted by atomic mass is 16.7. The monoisotopic (exact) mass is 475 g/mol. The van der Waals surface area contributed by atoms with Gasteiger partial charge < -0.3 is 23.5 Å². The fourth-order valence-electron chi connectivity index (χ4n) is 4.64. The Balaban J connectivity index is 1.49. The van der Waals surface area contributed by atoms with Crippen LogP contribution in [0.2, 0.25) is 0 Å². The molecule has 3 aromatic carbocycles. The summed E-state index contributed by atoms with van der Waals surface area (Å²) in [7, 11) is 0. The number of hydrogen-bond acceptors (Lipinski definition) is 6. The maximum Gasteiger partial charge on any atom is 0.231 e. The number of fused-ring (bicyclic) bond motifs is 2. The molecule has 0 atom stereocenters. The Labute approximate surface area is 207 Å². The summed E-state index contributed by atoms with van der Waals surface area (Å²) in [6.07, 6.45) is 1.79. The number of imidazole rings is 1. The number of ether oxygens (including phenoxy) is 4. The van der Waals surface area contributed by atoms with Crippen molar-refractivity contribution in [1.29, 1.82) is 0 Å². The van der Waals surface area contributed by atoms with Crippen LogP contribution < -0.4 is 18.9 Å². The molecule has 7 rings (SSSR count). The van der Waals surface area contributed by atoms with Gasteiger partial charge in [0, 0.05) is 23.9 Å². The number of nitrogens with zero attached hydrogens (tertiary/aromatic N) is 3. The van der Waals surface area contributed by atoms with Gasteiger partial charge in [-0.3, -0.25) is 4.98 Å². The van der Waals surface area contributed by atoms with Crippen molar-refractivity contribution in [3.63, 3.8) is 0 Å². The van der Waals surface area contributed by atoms with Crippen LogP contribution in [0, 0.1) is 0 Å². The van der Waals surface area contributed by atoms with Crippen molar-refractivity contribution in [1.82, 2.24) is 14.5 Å². The van der Waals surface area contributed by atoms with Crippen LogP contribution in [-0.2, 0) is 6.54 Å². The van der Waals surface area contributed by atoms with Crippen molar-refractivity contribution in [2.24, 2.45) is 0 Å². The minimum atomic E-state index is 0.218. The van der Waals surface area contributed by atoms with Gasteiger partial charge in [-0.25, -0.2) is 4.98 Å². The van der Waals surface area contributed by atoms with Gasteiger partial charge >= 0.3 is 0 Å². The molecule has 36 heavy (non-hydrogen) atoms. The molecule has 7 heteroatoms. The van der Waals surface area contributed by atoms with Crippen molar-refractivity contribution < 1.29 is 18.9 Å². The number of aromatic nitrogens is 3. The van der Waals surface area contributed by atoms with E-state index in [0.717, 1.165) is 56.8 Å². The van der Waals surface area contributed by atoms with Crippen molar-refractivity contribution in [3.05, 3.63) is 96.7 Å². The van der Waals surface area contributed by atoms with Crippen LogP contribution in [0.25, 0.3) is 34.0 Å². The molecule has 0 amide bonds. The summed E-state index contributed by atoms with van der Waals surface area (Å²) in [5.41, 5.74) is 5.63. The minimum Gasteiger partial charge on any atom is -0.454 e. The summed E-state index contributed by atoms with van der Waals surface area (Å²) in [6, 6.07) is 28.1. The number of rotatable bonds is 5. The number of hydrogen-bond donors (Lipinski definition) is 0. The molecule has 0 saturated heterocycles. The molecule has 2 aromatic heterocycles. The predicted molar refractivity (Wildman–Crippen MR) is 134 cm³/mol. The minimum absolute atomic E-state index is 0.218. The van der Waals surface area contributed by atoms with Gasteiger partial charge in [-0.15, -0.1) is 0 Å². The van der Waals surface area contributed by atoms with Crippen LogP contribution in [0.15, 0.2) is 91.1 Å². The molecule has 4 heterocycles. The second kappa shape index (κ2) is 8.46. The molecule has 7 nitrogen and oxygen atoms in total. The van der Waals surface area contributed by atoms with E-state index >= 15 is 0 Å². The van der Waals surface area contributed by atoms with E-state index in [-0.39, 0.29) is 13.6 Å². The topological polar surface area (TPSA) is 67.6 Å². The molecule has 0 fully saturated rings. The lowest BCUT2D eigenvalue weighted by molar-refractivity contribution is 0.173. The molecule has 0 radical (unpaired) electrons. The van der Waals surface area contributed by atoms with Gasteiger partial charge in [0.15, 0.2) is 28.8 Å². The summed E-state index contributed by atoms with van der Waals surface area (Å²) in [6.45, 7) is 1.06. The molecule has 0 aliphatic carbocycles. The van der Waals surface area contributed by atoms with Crippen molar-refractivity contribution in [3.8, 4) is 57.0 Å². The van der Waals surface area contributed by atoms with Crippen molar-refractivity contribution in [2.45, 2.75) is 6.54 Å². The van der Waals surface area contributed by atoms with E-state index in [1.807, 2.05) is 72.8 Å². The molecule has 0 saturated carbocycles. The Morgan fingerprint density at radius 2 is 1.33 bits per heavy atom. The SMILES string of the molecule is c1ccc(Cn2c(-c3ccccn3)nc(-c3ccc4c(c3)OCO4)c2-c2ccc3c(c2)OCO3)cc1. The van der Waals surface area contributed by atoms with Crippen LogP contribution in [0.3, 0.4) is 0 Å². The first-order chi connectivity index (χ1) is 17.8. The first kappa shape index (κ1) is 20.6. The molecule has 0 N–H and O–H groups in total. The third-order valence-electron chi connectivity index (χ3n) is 6.34. The summed E-state index contributed by atoms with van der Waals surface area (Å²) >= 11 is 0. The van der Waals surface area contributed by atoms with Crippen LogP contribution in [-0.4, -0.2) is 28.1 Å².